The van der Waals surface area contributed by atoms with Crippen molar-refractivity contribution in [1.29, 1.82) is 0 Å². The van der Waals surface area contributed by atoms with Gasteiger partial charge in [-0.05, 0) is 30.7 Å². The van der Waals surface area contributed by atoms with Gasteiger partial charge in [0, 0.05) is 11.6 Å². The third-order valence-electron chi connectivity index (χ3n) is 2.16. The van der Waals surface area contributed by atoms with Crippen LogP contribution in [0.1, 0.15) is 5.56 Å². The third-order valence-corrected chi connectivity index (χ3v) is 2.16. The number of aliphatic hydroxyl groups is 1. The summed E-state index contributed by atoms with van der Waals surface area (Å²) in [6, 6.07) is 7.90. The third kappa shape index (κ3) is 2.07. The van der Waals surface area contributed by atoms with Gasteiger partial charge >= 0.3 is 0 Å². The van der Waals surface area contributed by atoms with Gasteiger partial charge in [0.25, 0.3) is 0 Å². The summed E-state index contributed by atoms with van der Waals surface area (Å²) in [5.41, 5.74) is 1.97. The van der Waals surface area contributed by atoms with Gasteiger partial charge in [-0.2, -0.15) is 0 Å². The average Bonchev–Trinajstić information content (AvgIpc) is 2.25. The number of fused-ring (bicyclic) bond motifs is 1. The Balaban J connectivity index is 2.50. The first-order valence-electron chi connectivity index (χ1n) is 4.90. The molecule has 1 N–H and O–H groups in total. The van der Waals surface area contributed by atoms with E-state index in [1.54, 1.807) is 6.20 Å². The summed E-state index contributed by atoms with van der Waals surface area (Å²) in [7, 11) is 0. The molecule has 0 aliphatic heterocycles. The van der Waals surface area contributed by atoms with Crippen LogP contribution < -0.4 is 4.74 Å². The molecule has 0 atom stereocenters. The van der Waals surface area contributed by atoms with Crippen LogP contribution in [-0.4, -0.2) is 23.3 Å². The number of hydrogen-bond acceptors (Lipinski definition) is 3. The first-order valence-corrected chi connectivity index (χ1v) is 4.90. The number of aliphatic hydroxyl groups excluding tert-OH is 1. The van der Waals surface area contributed by atoms with Crippen molar-refractivity contribution in [1.82, 2.24) is 4.98 Å². The van der Waals surface area contributed by atoms with Gasteiger partial charge in [-0.15, -0.1) is 0 Å². The predicted octanol–water partition coefficient (Wildman–Crippen LogP) is 1.91. The topological polar surface area (TPSA) is 42.4 Å². The van der Waals surface area contributed by atoms with Crippen LogP contribution in [0.15, 0.2) is 30.5 Å². The molecule has 1 aromatic carbocycles. The zero-order valence-corrected chi connectivity index (χ0v) is 8.60. The van der Waals surface area contributed by atoms with Crippen LogP contribution in [0.4, 0.5) is 0 Å². The van der Waals surface area contributed by atoms with Gasteiger partial charge in [0.15, 0.2) is 0 Å². The monoisotopic (exact) mass is 203 g/mol. The Labute approximate surface area is 88.3 Å². The minimum Gasteiger partial charge on any atom is -0.489 e. The lowest BCUT2D eigenvalue weighted by Crippen LogP contribution is -2.02. The summed E-state index contributed by atoms with van der Waals surface area (Å²) in [4.78, 5) is 4.27. The molecule has 1 aromatic heterocycles. The molecular weight excluding hydrogens is 190 g/mol. The van der Waals surface area contributed by atoms with Crippen molar-refractivity contribution in [3.63, 3.8) is 0 Å². The van der Waals surface area contributed by atoms with Crippen LogP contribution in [0.2, 0.25) is 0 Å². The van der Waals surface area contributed by atoms with Gasteiger partial charge in [0.2, 0.25) is 0 Å². The quantitative estimate of drug-likeness (QED) is 0.828. The number of rotatable bonds is 3. The highest BCUT2D eigenvalue weighted by atomic mass is 16.5. The lowest BCUT2D eigenvalue weighted by molar-refractivity contribution is 0.202. The van der Waals surface area contributed by atoms with Gasteiger partial charge < -0.3 is 9.84 Å². The number of aryl methyl sites for hydroxylation is 1. The Bertz CT molecular complexity index is 468. The lowest BCUT2D eigenvalue weighted by Gasteiger charge is -2.08. The maximum absolute atomic E-state index is 8.72. The van der Waals surface area contributed by atoms with Crippen LogP contribution in [-0.2, 0) is 0 Å². The van der Waals surface area contributed by atoms with E-state index in [-0.39, 0.29) is 6.61 Å². The summed E-state index contributed by atoms with van der Waals surface area (Å²) in [5, 5.41) is 9.78. The maximum Gasteiger partial charge on any atom is 0.145 e. The van der Waals surface area contributed by atoms with Gasteiger partial charge in [0.1, 0.15) is 17.9 Å². The van der Waals surface area contributed by atoms with Gasteiger partial charge in [-0.3, -0.25) is 4.98 Å². The first-order chi connectivity index (χ1) is 7.31. The fourth-order valence-corrected chi connectivity index (χ4v) is 1.57. The molecule has 0 unspecified atom stereocenters. The molecule has 0 saturated carbocycles. The molecule has 0 saturated heterocycles. The molecule has 0 spiro atoms. The maximum atomic E-state index is 8.72. The fourth-order valence-electron chi connectivity index (χ4n) is 1.57. The number of aromatic nitrogens is 1. The van der Waals surface area contributed by atoms with Crippen molar-refractivity contribution in [3.05, 3.63) is 36.0 Å². The Morgan fingerprint density at radius 1 is 1.40 bits per heavy atom. The van der Waals surface area contributed by atoms with Gasteiger partial charge in [0.05, 0.1) is 6.61 Å². The van der Waals surface area contributed by atoms with Crippen molar-refractivity contribution in [2.24, 2.45) is 0 Å². The number of ether oxygens (including phenoxy) is 1. The van der Waals surface area contributed by atoms with Gasteiger partial charge in [-0.25, -0.2) is 0 Å². The smallest absolute Gasteiger partial charge is 0.145 e. The van der Waals surface area contributed by atoms with Crippen molar-refractivity contribution in [2.45, 2.75) is 6.92 Å². The first kappa shape index (κ1) is 9.93. The van der Waals surface area contributed by atoms with Crippen molar-refractivity contribution >= 4 is 10.9 Å². The van der Waals surface area contributed by atoms with Crippen molar-refractivity contribution in [3.8, 4) is 5.75 Å². The molecule has 0 aliphatic rings. The van der Waals surface area contributed by atoms with Crippen molar-refractivity contribution in [2.75, 3.05) is 13.2 Å². The molecular formula is C12H13NO2. The number of nitrogens with zero attached hydrogens (tertiary/aromatic N) is 1. The van der Waals surface area contributed by atoms with E-state index in [1.807, 2.05) is 25.1 Å². The standard InChI is InChI=1S/C12H13NO2/c1-9-7-10-3-2-4-13-12(10)11(8-9)15-6-5-14/h2-4,7-8,14H,5-6H2,1H3. The highest BCUT2D eigenvalue weighted by Crippen LogP contribution is 2.25. The number of benzene rings is 1. The van der Waals surface area contributed by atoms with E-state index in [0.717, 1.165) is 22.2 Å². The number of pyridine rings is 1. The van der Waals surface area contributed by atoms with Gasteiger partial charge in [-0.1, -0.05) is 6.07 Å². The molecule has 0 radical (unpaired) electrons. The molecule has 0 amide bonds. The Kier molecular flexibility index (Phi) is 2.83. The van der Waals surface area contributed by atoms with Crippen LogP contribution in [0, 0.1) is 6.92 Å². The number of hydrogen-bond donors (Lipinski definition) is 1. The second-order valence-electron chi connectivity index (χ2n) is 3.41. The summed E-state index contributed by atoms with van der Waals surface area (Å²) in [6.45, 7) is 2.33. The second kappa shape index (κ2) is 4.28. The molecule has 78 valence electrons. The summed E-state index contributed by atoms with van der Waals surface area (Å²) in [6.07, 6.45) is 1.74. The second-order valence-corrected chi connectivity index (χ2v) is 3.41. The minimum absolute atomic E-state index is 0.0161. The van der Waals surface area contributed by atoms with E-state index < -0.39 is 0 Å². The van der Waals surface area contributed by atoms with Crippen LogP contribution >= 0.6 is 0 Å². The average molecular weight is 203 g/mol. The highest BCUT2D eigenvalue weighted by molar-refractivity contribution is 5.85. The van der Waals surface area contributed by atoms with Crippen LogP contribution in [0.5, 0.6) is 5.75 Å². The summed E-state index contributed by atoms with van der Waals surface area (Å²) < 4.78 is 5.44. The SMILES string of the molecule is Cc1cc(OCCO)c2ncccc2c1. The molecule has 0 aliphatic carbocycles. The molecule has 15 heavy (non-hydrogen) atoms. The molecule has 3 heteroatoms. The minimum atomic E-state index is 0.0161. The molecule has 0 fully saturated rings. The molecule has 2 aromatic rings. The van der Waals surface area contributed by atoms with Crippen molar-refractivity contribution < 1.29 is 9.84 Å². The Morgan fingerprint density at radius 3 is 3.07 bits per heavy atom. The molecule has 2 rings (SSSR count). The Morgan fingerprint density at radius 2 is 2.27 bits per heavy atom. The van der Waals surface area contributed by atoms with Crippen LogP contribution in [0.25, 0.3) is 10.9 Å². The lowest BCUT2D eigenvalue weighted by atomic mass is 10.1. The van der Waals surface area contributed by atoms with E-state index >= 15 is 0 Å². The van der Waals surface area contributed by atoms with E-state index in [4.69, 9.17) is 9.84 Å². The van der Waals surface area contributed by atoms with Crippen LogP contribution in [0.3, 0.4) is 0 Å². The highest BCUT2D eigenvalue weighted by Gasteiger charge is 2.03. The summed E-state index contributed by atoms with van der Waals surface area (Å²) >= 11 is 0. The normalized spacial score (nSPS) is 10.5. The molecule has 0 bridgehead atoms. The van der Waals surface area contributed by atoms with E-state index in [0.29, 0.717) is 6.61 Å². The zero-order chi connectivity index (χ0) is 10.7. The Hall–Kier alpha value is -1.61. The summed E-state index contributed by atoms with van der Waals surface area (Å²) in [5.74, 6) is 0.736. The largest absolute Gasteiger partial charge is 0.489 e. The van der Waals surface area contributed by atoms with E-state index in [2.05, 4.69) is 11.1 Å². The zero-order valence-electron chi connectivity index (χ0n) is 8.60. The fraction of sp³-hybridized carbons (Fsp3) is 0.250. The molecule has 1 heterocycles. The molecule has 3 nitrogen and oxygen atoms in total. The van der Waals surface area contributed by atoms with E-state index in [1.165, 1.54) is 0 Å². The predicted molar refractivity (Wildman–Crippen MR) is 59.1 cm³/mol. The van der Waals surface area contributed by atoms with E-state index in [9.17, 15) is 0 Å².